The van der Waals surface area contributed by atoms with E-state index in [1.165, 1.54) is 7.11 Å². The maximum Gasteiger partial charge on any atom is 0.251 e. The molecule has 0 atom stereocenters. The van der Waals surface area contributed by atoms with Gasteiger partial charge in [-0.25, -0.2) is 0 Å². The molecule has 0 spiro atoms. The summed E-state index contributed by atoms with van der Waals surface area (Å²) in [5.74, 6) is 1.25. The third-order valence-electron chi connectivity index (χ3n) is 3.63. The van der Waals surface area contributed by atoms with Crippen LogP contribution in [0.15, 0.2) is 47.6 Å². The lowest BCUT2D eigenvalue weighted by Gasteiger charge is -2.10. The Kier molecular flexibility index (Phi) is 6.83. The number of nitrogens with one attached hydrogen (secondary N) is 1. The van der Waals surface area contributed by atoms with Crippen molar-refractivity contribution in [3.8, 4) is 11.5 Å². The fourth-order valence-corrected chi connectivity index (χ4v) is 2.29. The molecule has 0 fully saturated rings. The van der Waals surface area contributed by atoms with Gasteiger partial charge in [-0.1, -0.05) is 23.4 Å². The Morgan fingerprint density at radius 2 is 1.76 bits per heavy atom. The molecule has 0 unspecified atom stereocenters. The number of hydrogen-bond donors (Lipinski definition) is 1. The van der Waals surface area contributed by atoms with Crippen LogP contribution in [0.5, 0.6) is 11.5 Å². The molecule has 0 saturated heterocycles. The Balaban J connectivity index is 1.89. The van der Waals surface area contributed by atoms with Crippen LogP contribution in [0.4, 0.5) is 0 Å². The summed E-state index contributed by atoms with van der Waals surface area (Å²) in [6.45, 7) is 0.529. The van der Waals surface area contributed by atoms with Gasteiger partial charge in [0.15, 0.2) is 11.5 Å². The Hall–Kier alpha value is -3.02. The average molecular weight is 342 g/mol. The highest BCUT2D eigenvalue weighted by atomic mass is 16.6. The summed E-state index contributed by atoms with van der Waals surface area (Å²) in [4.78, 5) is 16.8. The Morgan fingerprint density at radius 3 is 2.40 bits per heavy atom. The van der Waals surface area contributed by atoms with Gasteiger partial charge in [0.1, 0.15) is 7.11 Å². The normalized spacial score (nSPS) is 10.5. The zero-order valence-corrected chi connectivity index (χ0v) is 14.6. The van der Waals surface area contributed by atoms with Gasteiger partial charge in [0, 0.05) is 12.1 Å². The van der Waals surface area contributed by atoms with Gasteiger partial charge in [0.2, 0.25) is 0 Å². The second kappa shape index (κ2) is 9.32. The van der Waals surface area contributed by atoms with Gasteiger partial charge in [-0.3, -0.25) is 4.79 Å². The third kappa shape index (κ3) is 5.24. The molecule has 6 heteroatoms. The van der Waals surface area contributed by atoms with Crippen LogP contribution >= 0.6 is 0 Å². The molecular weight excluding hydrogens is 320 g/mol. The summed E-state index contributed by atoms with van der Waals surface area (Å²) in [6.07, 6.45) is 2.28. The van der Waals surface area contributed by atoms with Crippen molar-refractivity contribution in [3.63, 3.8) is 0 Å². The molecule has 0 aliphatic carbocycles. The van der Waals surface area contributed by atoms with Crippen molar-refractivity contribution in [1.82, 2.24) is 5.32 Å². The number of ether oxygens (including phenoxy) is 2. The molecule has 0 bridgehead atoms. The molecule has 1 N–H and O–H groups in total. The first-order valence-electron chi connectivity index (χ1n) is 7.83. The topological polar surface area (TPSA) is 69.2 Å². The number of benzene rings is 2. The fourth-order valence-electron chi connectivity index (χ4n) is 2.29. The zero-order chi connectivity index (χ0) is 18.1. The molecule has 0 heterocycles. The van der Waals surface area contributed by atoms with Gasteiger partial charge in [-0.05, 0) is 41.8 Å². The van der Waals surface area contributed by atoms with Crippen molar-refractivity contribution >= 4 is 12.1 Å². The Morgan fingerprint density at radius 1 is 1.04 bits per heavy atom. The summed E-state index contributed by atoms with van der Waals surface area (Å²) in [5.41, 5.74) is 2.52. The van der Waals surface area contributed by atoms with E-state index in [2.05, 4.69) is 15.3 Å². The number of nitrogens with zero attached hydrogens (tertiary/aromatic N) is 1. The molecule has 0 aliphatic rings. The highest BCUT2D eigenvalue weighted by Gasteiger charge is 2.07. The minimum Gasteiger partial charge on any atom is -0.493 e. The summed E-state index contributed by atoms with van der Waals surface area (Å²) in [5, 5.41) is 6.59. The standard InChI is InChI=1S/C19H22N2O4/c1-23-17-9-6-14(12-18(17)24-2)10-11-20-19(22)16-7-4-15(5-8-16)13-21-25-3/h4-9,12-13H,10-11H2,1-3H3,(H,20,22)/b21-13+. The molecule has 1 amide bonds. The van der Waals surface area contributed by atoms with Gasteiger partial charge in [0.05, 0.1) is 20.4 Å². The summed E-state index contributed by atoms with van der Waals surface area (Å²) >= 11 is 0. The first kappa shape index (κ1) is 18.3. The molecule has 132 valence electrons. The van der Waals surface area contributed by atoms with Crippen LogP contribution < -0.4 is 14.8 Å². The number of carbonyl (C=O) groups is 1. The number of amides is 1. The quantitative estimate of drug-likeness (QED) is 0.591. The number of rotatable bonds is 8. The van der Waals surface area contributed by atoms with Crippen LogP contribution in [-0.2, 0) is 11.3 Å². The lowest BCUT2D eigenvalue weighted by molar-refractivity contribution is 0.0954. The second-order valence-corrected chi connectivity index (χ2v) is 5.23. The molecule has 25 heavy (non-hydrogen) atoms. The zero-order valence-electron chi connectivity index (χ0n) is 14.6. The van der Waals surface area contributed by atoms with Crippen LogP contribution in [0.1, 0.15) is 21.5 Å². The van der Waals surface area contributed by atoms with Gasteiger partial charge < -0.3 is 19.6 Å². The predicted molar refractivity (Wildman–Crippen MR) is 96.6 cm³/mol. The molecule has 0 aliphatic heterocycles. The monoisotopic (exact) mass is 342 g/mol. The van der Waals surface area contributed by atoms with Crippen molar-refractivity contribution in [2.24, 2.45) is 5.16 Å². The smallest absolute Gasteiger partial charge is 0.251 e. The number of oxime groups is 1. The van der Waals surface area contributed by atoms with Gasteiger partial charge >= 0.3 is 0 Å². The molecule has 2 aromatic carbocycles. The van der Waals surface area contributed by atoms with E-state index >= 15 is 0 Å². The molecule has 0 aromatic heterocycles. The predicted octanol–water partition coefficient (Wildman–Crippen LogP) is 2.66. The molecule has 6 nitrogen and oxygen atoms in total. The molecule has 0 saturated carbocycles. The Labute approximate surface area is 147 Å². The third-order valence-corrected chi connectivity index (χ3v) is 3.63. The van der Waals surface area contributed by atoms with Crippen LogP contribution in [0, 0.1) is 0 Å². The van der Waals surface area contributed by atoms with Crippen LogP contribution in [0.2, 0.25) is 0 Å². The van der Waals surface area contributed by atoms with Gasteiger partial charge in [-0.2, -0.15) is 0 Å². The molecule has 2 rings (SSSR count). The van der Waals surface area contributed by atoms with Crippen LogP contribution in [0.25, 0.3) is 0 Å². The Bertz CT molecular complexity index is 727. The maximum absolute atomic E-state index is 12.2. The van der Waals surface area contributed by atoms with E-state index in [0.717, 1.165) is 11.1 Å². The largest absolute Gasteiger partial charge is 0.493 e. The summed E-state index contributed by atoms with van der Waals surface area (Å²) in [6, 6.07) is 12.9. The van der Waals surface area contributed by atoms with E-state index in [1.807, 2.05) is 30.3 Å². The SMILES string of the molecule is CO/N=C/c1ccc(C(=O)NCCc2ccc(OC)c(OC)c2)cc1. The molecule has 0 radical (unpaired) electrons. The van der Waals surface area contributed by atoms with Gasteiger partial charge in [-0.15, -0.1) is 0 Å². The number of carbonyl (C=O) groups excluding carboxylic acids is 1. The van der Waals surface area contributed by atoms with Crippen molar-refractivity contribution in [2.75, 3.05) is 27.9 Å². The van der Waals surface area contributed by atoms with E-state index in [4.69, 9.17) is 9.47 Å². The van der Waals surface area contributed by atoms with Crippen molar-refractivity contribution in [3.05, 3.63) is 59.2 Å². The van der Waals surface area contributed by atoms with Crippen LogP contribution in [0.3, 0.4) is 0 Å². The number of hydrogen-bond acceptors (Lipinski definition) is 5. The first-order valence-corrected chi connectivity index (χ1v) is 7.83. The number of methoxy groups -OCH3 is 2. The van der Waals surface area contributed by atoms with Crippen molar-refractivity contribution < 1.29 is 19.1 Å². The summed E-state index contributed by atoms with van der Waals surface area (Å²) in [7, 11) is 4.69. The fraction of sp³-hybridized carbons (Fsp3) is 0.263. The van der Waals surface area contributed by atoms with E-state index in [-0.39, 0.29) is 5.91 Å². The molecule has 2 aromatic rings. The van der Waals surface area contributed by atoms with E-state index in [1.54, 1.807) is 32.6 Å². The minimum absolute atomic E-state index is 0.115. The highest BCUT2D eigenvalue weighted by Crippen LogP contribution is 2.27. The lowest BCUT2D eigenvalue weighted by Crippen LogP contribution is -2.25. The maximum atomic E-state index is 12.2. The lowest BCUT2D eigenvalue weighted by atomic mass is 10.1. The highest BCUT2D eigenvalue weighted by molar-refractivity contribution is 5.95. The van der Waals surface area contributed by atoms with Gasteiger partial charge in [0.25, 0.3) is 5.91 Å². The molecular formula is C19H22N2O4. The van der Waals surface area contributed by atoms with E-state index < -0.39 is 0 Å². The average Bonchev–Trinajstić information content (AvgIpc) is 2.66. The minimum atomic E-state index is -0.115. The van der Waals surface area contributed by atoms with Crippen LogP contribution in [-0.4, -0.2) is 40.0 Å². The van der Waals surface area contributed by atoms with Crippen molar-refractivity contribution in [1.29, 1.82) is 0 Å². The van der Waals surface area contributed by atoms with E-state index in [0.29, 0.717) is 30.0 Å². The van der Waals surface area contributed by atoms with Crippen molar-refractivity contribution in [2.45, 2.75) is 6.42 Å². The second-order valence-electron chi connectivity index (χ2n) is 5.23. The first-order chi connectivity index (χ1) is 12.2. The van der Waals surface area contributed by atoms with E-state index in [9.17, 15) is 4.79 Å². The summed E-state index contributed by atoms with van der Waals surface area (Å²) < 4.78 is 10.5.